The first kappa shape index (κ1) is 18.3. The molecule has 0 aliphatic rings. The third-order valence-electron chi connectivity index (χ3n) is 3.62. The fourth-order valence-electron chi connectivity index (χ4n) is 2.29. The molecule has 0 atom stereocenters. The van der Waals surface area contributed by atoms with E-state index in [2.05, 4.69) is 45.0 Å². The molecule has 0 aliphatic carbocycles. The first-order valence-corrected chi connectivity index (χ1v) is 8.99. The lowest BCUT2D eigenvalue weighted by atomic mass is 10.1. The third-order valence-corrected chi connectivity index (χ3v) is 4.68. The van der Waals surface area contributed by atoms with Gasteiger partial charge >= 0.3 is 0 Å². The summed E-state index contributed by atoms with van der Waals surface area (Å²) in [5.74, 6) is 1.67. The van der Waals surface area contributed by atoms with Gasteiger partial charge in [-0.25, -0.2) is 4.98 Å². The van der Waals surface area contributed by atoms with Gasteiger partial charge in [0.15, 0.2) is 11.1 Å². The van der Waals surface area contributed by atoms with Crippen LogP contribution in [0.5, 0.6) is 0 Å². The van der Waals surface area contributed by atoms with Crippen molar-refractivity contribution >= 4 is 22.4 Å². The zero-order valence-corrected chi connectivity index (χ0v) is 15.8. The summed E-state index contributed by atoms with van der Waals surface area (Å²) in [5.41, 5.74) is 3.14. The molecule has 0 radical (unpaired) electrons. The molecule has 2 N–H and O–H groups in total. The molecule has 0 unspecified atom stereocenters. The third kappa shape index (κ3) is 4.47. The Morgan fingerprint density at radius 2 is 2.00 bits per heavy atom. The Morgan fingerprint density at radius 1 is 1.25 bits per heavy atom. The molecule has 2 rings (SSSR count). The van der Waals surface area contributed by atoms with Crippen LogP contribution in [-0.4, -0.2) is 37.2 Å². The van der Waals surface area contributed by atoms with Crippen LogP contribution in [0.4, 0.5) is 5.13 Å². The minimum atomic E-state index is 0.634. The molecule has 0 saturated heterocycles. The molecule has 0 aromatic carbocycles. The number of thiazole rings is 1. The molecule has 0 aliphatic heterocycles. The van der Waals surface area contributed by atoms with Crippen molar-refractivity contribution in [3.05, 3.63) is 28.1 Å². The van der Waals surface area contributed by atoms with Crippen LogP contribution in [0.15, 0.2) is 14.9 Å². The summed E-state index contributed by atoms with van der Waals surface area (Å²) in [4.78, 5) is 10.8. The Kier molecular flexibility index (Phi) is 6.60. The average molecular weight is 350 g/mol. The molecule has 0 saturated carbocycles. The van der Waals surface area contributed by atoms with Gasteiger partial charge in [-0.05, 0) is 6.42 Å². The second-order valence-corrected chi connectivity index (χ2v) is 6.37. The van der Waals surface area contributed by atoms with Crippen LogP contribution in [0.2, 0.25) is 0 Å². The number of guanidine groups is 1. The smallest absolute Gasteiger partial charge is 0.191 e. The van der Waals surface area contributed by atoms with Crippen LogP contribution in [0.1, 0.15) is 36.6 Å². The lowest BCUT2D eigenvalue weighted by molar-refractivity contribution is 0.380. The summed E-state index contributed by atoms with van der Waals surface area (Å²) in [6.45, 7) is 5.43. The highest BCUT2D eigenvalue weighted by atomic mass is 32.1. The Morgan fingerprint density at radius 3 is 2.58 bits per heavy atom. The van der Waals surface area contributed by atoms with Crippen molar-refractivity contribution in [3.8, 4) is 0 Å². The molecule has 7 nitrogen and oxygen atoms in total. The van der Waals surface area contributed by atoms with Crippen LogP contribution in [-0.2, 0) is 25.9 Å². The molecule has 0 fully saturated rings. The fraction of sp³-hybridized carbons (Fsp3) is 0.562. The van der Waals surface area contributed by atoms with Crippen LogP contribution in [0, 0.1) is 0 Å². The number of hydrogen-bond donors (Lipinski definition) is 2. The van der Waals surface area contributed by atoms with Crippen molar-refractivity contribution in [2.45, 2.75) is 39.8 Å². The number of anilines is 1. The quantitative estimate of drug-likeness (QED) is 0.589. The van der Waals surface area contributed by atoms with Gasteiger partial charge in [0.25, 0.3) is 0 Å². The van der Waals surface area contributed by atoms with Crippen molar-refractivity contribution in [1.82, 2.24) is 20.8 Å². The molecular weight excluding hydrogens is 324 g/mol. The van der Waals surface area contributed by atoms with Gasteiger partial charge in [-0.1, -0.05) is 19.0 Å². The minimum absolute atomic E-state index is 0.634. The zero-order chi connectivity index (χ0) is 17.5. The van der Waals surface area contributed by atoms with Crippen molar-refractivity contribution in [3.63, 3.8) is 0 Å². The normalized spacial score (nSPS) is 11.6. The van der Waals surface area contributed by atoms with Crippen molar-refractivity contribution < 1.29 is 4.52 Å². The van der Waals surface area contributed by atoms with Gasteiger partial charge in [0.05, 0.1) is 17.9 Å². The van der Waals surface area contributed by atoms with Crippen LogP contribution >= 0.6 is 11.3 Å². The van der Waals surface area contributed by atoms with Gasteiger partial charge in [0.2, 0.25) is 0 Å². The number of nitrogens with one attached hydrogen (secondary N) is 2. The second kappa shape index (κ2) is 8.68. The molecular formula is C16H26N6OS. The Labute approximate surface area is 147 Å². The number of aromatic nitrogens is 2. The summed E-state index contributed by atoms with van der Waals surface area (Å²) < 4.78 is 5.39. The summed E-state index contributed by atoms with van der Waals surface area (Å²) in [6, 6.07) is 0. The summed E-state index contributed by atoms with van der Waals surface area (Å²) >= 11 is 1.63. The monoisotopic (exact) mass is 350 g/mol. The molecule has 8 heteroatoms. The molecule has 2 aromatic heterocycles. The predicted octanol–water partition coefficient (Wildman–Crippen LogP) is 2.19. The maximum Gasteiger partial charge on any atom is 0.191 e. The van der Waals surface area contributed by atoms with E-state index in [0.717, 1.165) is 46.6 Å². The van der Waals surface area contributed by atoms with Gasteiger partial charge in [-0.2, -0.15) is 0 Å². The van der Waals surface area contributed by atoms with E-state index in [4.69, 9.17) is 4.52 Å². The van der Waals surface area contributed by atoms with E-state index in [9.17, 15) is 0 Å². The number of aliphatic imine (C=N–C) groups is 1. The van der Waals surface area contributed by atoms with Crippen molar-refractivity contribution in [2.75, 3.05) is 26.0 Å². The highest BCUT2D eigenvalue weighted by Crippen LogP contribution is 2.18. The number of nitrogens with zero attached hydrogens (tertiary/aromatic N) is 4. The van der Waals surface area contributed by atoms with Crippen LogP contribution < -0.4 is 15.5 Å². The van der Waals surface area contributed by atoms with Gasteiger partial charge in [0.1, 0.15) is 5.76 Å². The largest absolute Gasteiger partial charge is 0.361 e. The fourth-order valence-corrected chi connectivity index (χ4v) is 3.05. The van der Waals surface area contributed by atoms with E-state index in [-0.39, 0.29) is 0 Å². The number of hydrogen-bond acceptors (Lipinski definition) is 6. The molecule has 2 heterocycles. The molecule has 0 bridgehead atoms. The first-order chi connectivity index (χ1) is 11.6. The highest BCUT2D eigenvalue weighted by Gasteiger charge is 2.13. The van der Waals surface area contributed by atoms with E-state index < -0.39 is 0 Å². The molecule has 0 spiro atoms. The summed E-state index contributed by atoms with van der Waals surface area (Å²) in [7, 11) is 5.74. The van der Waals surface area contributed by atoms with E-state index in [1.54, 1.807) is 18.4 Å². The van der Waals surface area contributed by atoms with E-state index >= 15 is 0 Å². The van der Waals surface area contributed by atoms with E-state index in [1.807, 2.05) is 19.0 Å². The molecule has 132 valence electrons. The zero-order valence-electron chi connectivity index (χ0n) is 15.0. The van der Waals surface area contributed by atoms with Crippen molar-refractivity contribution in [2.24, 2.45) is 4.99 Å². The van der Waals surface area contributed by atoms with Gasteiger partial charge < -0.3 is 20.1 Å². The topological polar surface area (TPSA) is 78.6 Å². The average Bonchev–Trinajstić information content (AvgIpc) is 3.21. The lowest BCUT2D eigenvalue weighted by Crippen LogP contribution is -2.36. The second-order valence-electron chi connectivity index (χ2n) is 5.53. The van der Waals surface area contributed by atoms with Crippen LogP contribution in [0.3, 0.4) is 0 Å². The Hall–Kier alpha value is -2.09. The van der Waals surface area contributed by atoms with Gasteiger partial charge in [-0.15, -0.1) is 11.3 Å². The predicted molar refractivity (Wildman–Crippen MR) is 98.7 cm³/mol. The standard InChI is InChI=1S/C16H26N6OS/c1-6-13-12(14(7-2)23-21-13)9-19-15(17-3)18-8-11-10-24-16(20-11)22(4)5/h10H,6-9H2,1-5H3,(H2,17,18,19). The molecule has 24 heavy (non-hydrogen) atoms. The maximum atomic E-state index is 5.39. The molecule has 0 amide bonds. The minimum Gasteiger partial charge on any atom is -0.361 e. The van der Waals surface area contributed by atoms with Crippen LogP contribution in [0.25, 0.3) is 0 Å². The Bertz CT molecular complexity index is 654. The Balaban J connectivity index is 1.92. The van der Waals surface area contributed by atoms with E-state index in [0.29, 0.717) is 13.1 Å². The first-order valence-electron chi connectivity index (χ1n) is 8.11. The molecule has 2 aromatic rings. The van der Waals surface area contributed by atoms with E-state index in [1.165, 1.54) is 0 Å². The maximum absolute atomic E-state index is 5.39. The van der Waals surface area contributed by atoms with Gasteiger partial charge in [0, 0.05) is 45.1 Å². The summed E-state index contributed by atoms with van der Waals surface area (Å²) in [6.07, 6.45) is 1.70. The number of aryl methyl sites for hydroxylation is 2. The van der Waals surface area contributed by atoms with Crippen molar-refractivity contribution in [1.29, 1.82) is 0 Å². The number of rotatable bonds is 7. The lowest BCUT2D eigenvalue weighted by Gasteiger charge is -2.11. The van der Waals surface area contributed by atoms with Gasteiger partial charge in [-0.3, -0.25) is 4.99 Å². The SMILES string of the molecule is CCc1noc(CC)c1CNC(=NC)NCc1csc(N(C)C)n1. The highest BCUT2D eigenvalue weighted by molar-refractivity contribution is 7.13. The summed E-state index contributed by atoms with van der Waals surface area (Å²) in [5, 5.41) is 13.8.